The summed E-state index contributed by atoms with van der Waals surface area (Å²) in [6.07, 6.45) is -0.103. The maximum Gasteiger partial charge on any atom is 0.116 e. The van der Waals surface area contributed by atoms with Gasteiger partial charge in [-0.3, -0.25) is 5.32 Å². The van der Waals surface area contributed by atoms with Crippen LogP contribution in [0.2, 0.25) is 0 Å². The maximum atomic E-state index is 4.09. The highest BCUT2D eigenvalue weighted by molar-refractivity contribution is 7.23. The van der Waals surface area contributed by atoms with Gasteiger partial charge in [0.2, 0.25) is 0 Å². The van der Waals surface area contributed by atoms with E-state index in [1.54, 1.807) is 0 Å². The molecule has 4 heteroatoms. The molecule has 0 radical (unpaired) electrons. The van der Waals surface area contributed by atoms with Crippen LogP contribution >= 0.6 is 11.3 Å². The summed E-state index contributed by atoms with van der Waals surface area (Å²) < 4.78 is 3.84. The number of rotatable bonds is 2. The maximum absolute atomic E-state index is 4.09. The number of hydrogen-bond donors (Lipinski definition) is 2. The Bertz CT molecular complexity index is 2250. The summed E-state index contributed by atoms with van der Waals surface area (Å²) in [5, 5.41) is 18.2. The fraction of sp³-hybridized carbons (Fsp3) is 0.0556. The molecule has 0 fully saturated rings. The fourth-order valence-electron chi connectivity index (χ4n) is 6.69. The molecule has 8 aromatic rings. The number of thiophene rings is 1. The number of benzene rings is 6. The summed E-state index contributed by atoms with van der Waals surface area (Å²) in [5.41, 5.74) is 5.06. The predicted molar refractivity (Wildman–Crippen MR) is 170 cm³/mol. The van der Waals surface area contributed by atoms with E-state index in [1.807, 2.05) is 11.3 Å². The second-order valence-electron chi connectivity index (χ2n) is 10.7. The number of para-hydroxylation sites is 1. The minimum Gasteiger partial charge on any atom is -0.357 e. The first kappa shape index (κ1) is 22.2. The van der Waals surface area contributed by atoms with Gasteiger partial charge < -0.3 is 9.88 Å². The van der Waals surface area contributed by atoms with E-state index in [9.17, 15) is 0 Å². The van der Waals surface area contributed by atoms with Gasteiger partial charge in [0.15, 0.2) is 0 Å². The summed E-state index contributed by atoms with van der Waals surface area (Å²) in [4.78, 5) is 0. The minimum absolute atomic E-state index is 0.0478. The van der Waals surface area contributed by atoms with Crippen LogP contribution in [0.25, 0.3) is 53.4 Å². The molecule has 2 aromatic heterocycles. The van der Waals surface area contributed by atoms with E-state index in [0.717, 1.165) is 0 Å². The van der Waals surface area contributed by atoms with Crippen molar-refractivity contribution in [2.45, 2.75) is 12.3 Å². The van der Waals surface area contributed by atoms with Gasteiger partial charge in [0.05, 0.1) is 16.0 Å². The van der Waals surface area contributed by atoms with Crippen molar-refractivity contribution in [3.63, 3.8) is 0 Å². The van der Waals surface area contributed by atoms with Crippen LogP contribution in [-0.2, 0) is 0 Å². The molecule has 9 rings (SSSR count). The average Bonchev–Trinajstić information content (AvgIpc) is 3.54. The van der Waals surface area contributed by atoms with Crippen LogP contribution in [0.5, 0.6) is 0 Å². The summed E-state index contributed by atoms with van der Waals surface area (Å²) in [7, 11) is 0. The summed E-state index contributed by atoms with van der Waals surface area (Å²) >= 11 is 1.85. The second kappa shape index (κ2) is 8.43. The molecule has 1 aliphatic heterocycles. The van der Waals surface area contributed by atoms with Crippen LogP contribution in [0, 0.1) is 0 Å². The molecule has 0 spiro atoms. The van der Waals surface area contributed by atoms with Crippen molar-refractivity contribution in [3.8, 4) is 0 Å². The molecule has 0 saturated carbocycles. The highest BCUT2D eigenvalue weighted by Gasteiger charge is 2.33. The lowest BCUT2D eigenvalue weighted by atomic mass is 9.99. The number of fused-ring (bicyclic) bond motifs is 8. The van der Waals surface area contributed by atoms with Crippen molar-refractivity contribution in [3.05, 3.63) is 139 Å². The lowest BCUT2D eigenvalue weighted by Gasteiger charge is -2.35. The molecule has 190 valence electrons. The van der Waals surface area contributed by atoms with Gasteiger partial charge in [0.1, 0.15) is 12.3 Å². The molecule has 2 atom stereocenters. The lowest BCUT2D eigenvalue weighted by molar-refractivity contribution is 0.430. The van der Waals surface area contributed by atoms with E-state index >= 15 is 0 Å². The van der Waals surface area contributed by atoms with Crippen molar-refractivity contribution in [1.82, 2.24) is 9.88 Å². The third kappa shape index (κ3) is 3.15. The summed E-state index contributed by atoms with van der Waals surface area (Å²) in [6.45, 7) is 0. The minimum atomic E-state index is -0.0556. The highest BCUT2D eigenvalue weighted by Crippen LogP contribution is 2.47. The molecule has 40 heavy (non-hydrogen) atoms. The van der Waals surface area contributed by atoms with Crippen LogP contribution < -0.4 is 10.6 Å². The number of anilines is 1. The Morgan fingerprint density at radius 3 is 2.10 bits per heavy atom. The lowest BCUT2D eigenvalue weighted by Crippen LogP contribution is -2.39. The van der Waals surface area contributed by atoms with Crippen LogP contribution in [0.3, 0.4) is 0 Å². The molecule has 2 N–H and O–H groups in total. The number of nitrogens with zero attached hydrogens (tertiary/aromatic N) is 1. The smallest absolute Gasteiger partial charge is 0.116 e. The number of hydrogen-bond acceptors (Lipinski definition) is 3. The zero-order chi connectivity index (χ0) is 26.2. The molecule has 6 aromatic carbocycles. The number of aromatic nitrogens is 1. The van der Waals surface area contributed by atoms with Gasteiger partial charge in [0.25, 0.3) is 0 Å². The van der Waals surface area contributed by atoms with E-state index in [-0.39, 0.29) is 12.3 Å². The molecule has 0 aliphatic carbocycles. The van der Waals surface area contributed by atoms with Crippen molar-refractivity contribution < 1.29 is 0 Å². The van der Waals surface area contributed by atoms with E-state index in [2.05, 4.69) is 143 Å². The van der Waals surface area contributed by atoms with Gasteiger partial charge in [0, 0.05) is 26.4 Å². The third-order valence-electron chi connectivity index (χ3n) is 8.48. The van der Waals surface area contributed by atoms with E-state index in [1.165, 1.54) is 69.6 Å². The Balaban J connectivity index is 1.36. The highest BCUT2D eigenvalue weighted by atomic mass is 32.1. The fourth-order valence-corrected chi connectivity index (χ4v) is 7.86. The molecule has 0 amide bonds. The third-order valence-corrected chi connectivity index (χ3v) is 9.59. The largest absolute Gasteiger partial charge is 0.357 e. The zero-order valence-electron chi connectivity index (χ0n) is 21.6. The average molecular weight is 532 g/mol. The van der Waals surface area contributed by atoms with Crippen molar-refractivity contribution in [2.24, 2.45) is 0 Å². The monoisotopic (exact) mass is 531 g/mol. The molecular weight excluding hydrogens is 506 g/mol. The standard InChI is InChI=1S/C36H25N3S/c1-2-12-24-21-31-29(20-23(24)11-1)26-15-5-7-18-30(26)39(31)35-33-28-16-6-8-19-32(28)40-36(33)38-34(37-35)27-17-9-13-22-10-3-4-14-25(22)27/h1-21,34-35,37-38H. The molecule has 2 unspecified atom stereocenters. The van der Waals surface area contributed by atoms with Crippen LogP contribution in [0.15, 0.2) is 127 Å². The van der Waals surface area contributed by atoms with Crippen LogP contribution in [-0.4, -0.2) is 4.57 Å². The van der Waals surface area contributed by atoms with Crippen molar-refractivity contribution >= 4 is 69.8 Å². The van der Waals surface area contributed by atoms with Crippen LogP contribution in [0.4, 0.5) is 5.00 Å². The summed E-state index contributed by atoms with van der Waals surface area (Å²) in [5.74, 6) is 0. The Labute approximate surface area is 235 Å². The molecule has 0 saturated heterocycles. The Hall–Kier alpha value is -4.64. The van der Waals surface area contributed by atoms with Gasteiger partial charge >= 0.3 is 0 Å². The first-order valence-electron chi connectivity index (χ1n) is 13.8. The topological polar surface area (TPSA) is 29.0 Å². The van der Waals surface area contributed by atoms with E-state index < -0.39 is 0 Å². The van der Waals surface area contributed by atoms with E-state index in [0.29, 0.717) is 0 Å². The Kier molecular flexibility index (Phi) is 4.68. The summed E-state index contributed by atoms with van der Waals surface area (Å²) in [6, 6.07) is 46.4. The molecule has 1 aliphatic rings. The van der Waals surface area contributed by atoms with Crippen molar-refractivity contribution in [2.75, 3.05) is 5.32 Å². The normalized spacial score (nSPS) is 17.1. The Morgan fingerprint density at radius 2 is 1.23 bits per heavy atom. The van der Waals surface area contributed by atoms with Crippen LogP contribution in [0.1, 0.15) is 23.5 Å². The van der Waals surface area contributed by atoms with E-state index in [4.69, 9.17) is 0 Å². The molecular formula is C36H25N3S. The number of nitrogens with one attached hydrogen (secondary N) is 2. The first-order valence-corrected chi connectivity index (χ1v) is 14.6. The van der Waals surface area contributed by atoms with Gasteiger partial charge in [-0.1, -0.05) is 103 Å². The van der Waals surface area contributed by atoms with Gasteiger partial charge in [-0.05, 0) is 51.4 Å². The molecule has 0 bridgehead atoms. The Morgan fingerprint density at radius 1 is 0.550 bits per heavy atom. The first-order chi connectivity index (χ1) is 19.8. The van der Waals surface area contributed by atoms with Crippen molar-refractivity contribution in [1.29, 1.82) is 0 Å². The molecule has 3 heterocycles. The second-order valence-corrected chi connectivity index (χ2v) is 11.7. The predicted octanol–water partition coefficient (Wildman–Crippen LogP) is 9.58. The van der Waals surface area contributed by atoms with Gasteiger partial charge in [-0.2, -0.15) is 0 Å². The molecule has 3 nitrogen and oxygen atoms in total. The van der Waals surface area contributed by atoms with Gasteiger partial charge in [-0.15, -0.1) is 11.3 Å². The zero-order valence-corrected chi connectivity index (χ0v) is 22.5. The quantitative estimate of drug-likeness (QED) is 0.233. The van der Waals surface area contributed by atoms with Gasteiger partial charge in [-0.25, -0.2) is 0 Å². The SMILES string of the molecule is c1ccc2cc3c(cc2c1)c1ccccc1n3C1NC(c2cccc3ccccc23)Nc2sc3ccccc3c21.